The number of likely N-dealkylation sites (N-methyl/N-ethyl adjacent to an activating group) is 1. The van der Waals surface area contributed by atoms with Crippen LogP contribution in [0.3, 0.4) is 0 Å². The summed E-state index contributed by atoms with van der Waals surface area (Å²) in [5.74, 6) is 1.64. The zero-order valence-corrected chi connectivity index (χ0v) is 17.1. The number of amides is 1. The second kappa shape index (κ2) is 8.26. The van der Waals surface area contributed by atoms with Crippen LogP contribution in [0.4, 0.5) is 0 Å². The Balaban J connectivity index is 1.73. The number of nitrogens with zero attached hydrogens (tertiary/aromatic N) is 4. The minimum absolute atomic E-state index is 0.213. The largest absolute Gasteiger partial charge is 0.341 e. The summed E-state index contributed by atoms with van der Waals surface area (Å²) in [6.07, 6.45) is 6.07. The standard InChI is InChI=1S/C22H32N4O/c1-22(2,19-10-6-5-7-11-19)21(27)26-13-8-9-18(17-26)20-23-12-14-25(20)16-15-24(3)4/h5-7,10-12,14,18H,8-9,13,15-17H2,1-4H3. The first kappa shape index (κ1) is 19.6. The normalized spacial score (nSPS) is 18.1. The van der Waals surface area contributed by atoms with Crippen LogP contribution in [0.25, 0.3) is 0 Å². The van der Waals surface area contributed by atoms with Crippen molar-refractivity contribution in [1.29, 1.82) is 0 Å². The molecule has 0 radical (unpaired) electrons. The van der Waals surface area contributed by atoms with E-state index in [1.54, 1.807) is 0 Å². The molecule has 1 amide bonds. The van der Waals surface area contributed by atoms with Gasteiger partial charge in [0.25, 0.3) is 0 Å². The number of benzene rings is 1. The third-order valence-corrected chi connectivity index (χ3v) is 5.64. The van der Waals surface area contributed by atoms with Gasteiger partial charge < -0.3 is 14.4 Å². The lowest BCUT2D eigenvalue weighted by Gasteiger charge is -2.37. The van der Waals surface area contributed by atoms with Crippen molar-refractivity contribution in [3.05, 3.63) is 54.1 Å². The van der Waals surface area contributed by atoms with Gasteiger partial charge in [-0.05, 0) is 46.3 Å². The molecule has 1 unspecified atom stereocenters. The molecule has 1 aromatic heterocycles. The first-order valence-corrected chi connectivity index (χ1v) is 9.90. The molecule has 2 heterocycles. The second-order valence-electron chi connectivity index (χ2n) is 8.36. The number of imidazole rings is 1. The van der Waals surface area contributed by atoms with Crippen LogP contribution in [0, 0.1) is 0 Å². The molecule has 27 heavy (non-hydrogen) atoms. The van der Waals surface area contributed by atoms with E-state index in [4.69, 9.17) is 0 Å². The number of carbonyl (C=O) groups is 1. The molecular formula is C22H32N4O. The first-order chi connectivity index (χ1) is 12.9. The fourth-order valence-corrected chi connectivity index (χ4v) is 3.92. The summed E-state index contributed by atoms with van der Waals surface area (Å²) in [4.78, 5) is 22.2. The van der Waals surface area contributed by atoms with Crippen molar-refractivity contribution >= 4 is 5.91 Å². The number of hydrogen-bond acceptors (Lipinski definition) is 3. The van der Waals surface area contributed by atoms with Crippen LogP contribution in [-0.4, -0.2) is 59.0 Å². The summed E-state index contributed by atoms with van der Waals surface area (Å²) in [6.45, 7) is 7.58. The zero-order valence-electron chi connectivity index (χ0n) is 17.1. The van der Waals surface area contributed by atoms with Crippen LogP contribution in [0.15, 0.2) is 42.7 Å². The van der Waals surface area contributed by atoms with Crippen molar-refractivity contribution in [2.24, 2.45) is 0 Å². The molecule has 146 valence electrons. The van der Waals surface area contributed by atoms with Crippen LogP contribution in [0.2, 0.25) is 0 Å². The summed E-state index contributed by atoms with van der Waals surface area (Å²) in [7, 11) is 4.17. The van der Waals surface area contributed by atoms with Crippen molar-refractivity contribution in [2.75, 3.05) is 33.7 Å². The average molecular weight is 369 g/mol. The quantitative estimate of drug-likeness (QED) is 0.787. The smallest absolute Gasteiger partial charge is 0.232 e. The Morgan fingerprint density at radius 1 is 1.26 bits per heavy atom. The summed E-state index contributed by atoms with van der Waals surface area (Å²) < 4.78 is 2.25. The zero-order chi connectivity index (χ0) is 19.4. The summed E-state index contributed by atoms with van der Waals surface area (Å²) in [5, 5.41) is 0. The Labute approximate surface area is 163 Å². The number of likely N-dealkylation sites (tertiary alicyclic amines) is 1. The molecule has 1 atom stereocenters. The number of rotatable bonds is 6. The van der Waals surface area contributed by atoms with Gasteiger partial charge in [-0.3, -0.25) is 4.79 Å². The molecule has 5 heteroatoms. The van der Waals surface area contributed by atoms with Gasteiger partial charge in [-0.15, -0.1) is 0 Å². The SMILES string of the molecule is CN(C)CCn1ccnc1C1CCCN(C(=O)C(C)(C)c2ccccc2)C1. The number of piperidine rings is 1. The number of aromatic nitrogens is 2. The Morgan fingerprint density at radius 2 is 2.00 bits per heavy atom. The van der Waals surface area contributed by atoms with E-state index in [1.165, 1.54) is 0 Å². The van der Waals surface area contributed by atoms with Crippen LogP contribution < -0.4 is 0 Å². The lowest BCUT2D eigenvalue weighted by atomic mass is 9.82. The van der Waals surface area contributed by atoms with Crippen LogP contribution in [-0.2, 0) is 16.8 Å². The molecular weight excluding hydrogens is 336 g/mol. The fourth-order valence-electron chi connectivity index (χ4n) is 3.92. The average Bonchev–Trinajstić information content (AvgIpc) is 3.15. The van der Waals surface area contributed by atoms with Crippen LogP contribution >= 0.6 is 0 Å². The molecule has 1 aliphatic heterocycles. The highest BCUT2D eigenvalue weighted by Gasteiger charge is 2.36. The Kier molecular flexibility index (Phi) is 6.00. The Hall–Kier alpha value is -2.14. The van der Waals surface area contributed by atoms with E-state index < -0.39 is 5.41 Å². The number of carbonyl (C=O) groups excluding carboxylic acids is 1. The molecule has 5 nitrogen and oxygen atoms in total. The van der Waals surface area contributed by atoms with Gasteiger partial charge in [0.15, 0.2) is 0 Å². The molecule has 1 aliphatic rings. The van der Waals surface area contributed by atoms with Gasteiger partial charge in [0, 0.05) is 44.5 Å². The van der Waals surface area contributed by atoms with Crippen molar-refractivity contribution in [1.82, 2.24) is 19.4 Å². The molecule has 2 aromatic rings. The summed E-state index contributed by atoms with van der Waals surface area (Å²) in [5.41, 5.74) is 0.563. The van der Waals surface area contributed by atoms with Crippen molar-refractivity contribution in [3.8, 4) is 0 Å². The van der Waals surface area contributed by atoms with Crippen molar-refractivity contribution in [3.63, 3.8) is 0 Å². The van der Waals surface area contributed by atoms with E-state index in [1.807, 2.05) is 55.3 Å². The summed E-state index contributed by atoms with van der Waals surface area (Å²) >= 11 is 0. The second-order valence-corrected chi connectivity index (χ2v) is 8.36. The summed E-state index contributed by atoms with van der Waals surface area (Å²) in [6, 6.07) is 10.1. The first-order valence-electron chi connectivity index (χ1n) is 9.90. The molecule has 0 aliphatic carbocycles. The van der Waals surface area contributed by atoms with E-state index in [-0.39, 0.29) is 5.91 Å². The van der Waals surface area contributed by atoms with Gasteiger partial charge in [-0.2, -0.15) is 0 Å². The van der Waals surface area contributed by atoms with Gasteiger partial charge in [-0.25, -0.2) is 4.98 Å². The number of hydrogen-bond donors (Lipinski definition) is 0. The monoisotopic (exact) mass is 368 g/mol. The molecule has 0 saturated carbocycles. The molecule has 1 saturated heterocycles. The van der Waals surface area contributed by atoms with Crippen molar-refractivity contribution < 1.29 is 4.79 Å². The maximum Gasteiger partial charge on any atom is 0.232 e. The highest BCUT2D eigenvalue weighted by molar-refractivity contribution is 5.87. The minimum atomic E-state index is -0.510. The van der Waals surface area contributed by atoms with E-state index >= 15 is 0 Å². The van der Waals surface area contributed by atoms with E-state index in [0.29, 0.717) is 5.92 Å². The fraction of sp³-hybridized carbons (Fsp3) is 0.545. The molecule has 1 fully saturated rings. The Morgan fingerprint density at radius 3 is 2.70 bits per heavy atom. The molecule has 0 spiro atoms. The maximum atomic E-state index is 13.3. The van der Waals surface area contributed by atoms with Gasteiger partial charge in [-0.1, -0.05) is 30.3 Å². The van der Waals surface area contributed by atoms with Crippen LogP contribution in [0.1, 0.15) is 44.0 Å². The lowest BCUT2D eigenvalue weighted by molar-refractivity contribution is -0.137. The minimum Gasteiger partial charge on any atom is -0.341 e. The van der Waals surface area contributed by atoms with E-state index in [9.17, 15) is 4.79 Å². The maximum absolute atomic E-state index is 13.3. The molecule has 0 N–H and O–H groups in total. The predicted octanol–water partition coefficient (Wildman–Crippen LogP) is 3.13. The molecule has 1 aromatic carbocycles. The van der Waals surface area contributed by atoms with E-state index in [0.717, 1.165) is 50.4 Å². The molecule has 3 rings (SSSR count). The predicted molar refractivity (Wildman–Crippen MR) is 109 cm³/mol. The lowest BCUT2D eigenvalue weighted by Crippen LogP contribution is -2.47. The van der Waals surface area contributed by atoms with E-state index in [2.05, 4.69) is 34.7 Å². The van der Waals surface area contributed by atoms with Gasteiger partial charge in [0.05, 0.1) is 5.41 Å². The molecule has 0 bridgehead atoms. The van der Waals surface area contributed by atoms with Gasteiger partial charge in [0.2, 0.25) is 5.91 Å². The van der Waals surface area contributed by atoms with Gasteiger partial charge >= 0.3 is 0 Å². The third-order valence-electron chi connectivity index (χ3n) is 5.64. The van der Waals surface area contributed by atoms with Gasteiger partial charge in [0.1, 0.15) is 5.82 Å². The topological polar surface area (TPSA) is 41.4 Å². The van der Waals surface area contributed by atoms with Crippen LogP contribution in [0.5, 0.6) is 0 Å². The Bertz CT molecular complexity index is 751. The third kappa shape index (κ3) is 4.41. The highest BCUT2D eigenvalue weighted by Crippen LogP contribution is 2.31. The highest BCUT2D eigenvalue weighted by atomic mass is 16.2. The van der Waals surface area contributed by atoms with Crippen molar-refractivity contribution in [2.45, 2.75) is 44.6 Å².